The summed E-state index contributed by atoms with van der Waals surface area (Å²) in [5.41, 5.74) is 3.14. The van der Waals surface area contributed by atoms with E-state index in [2.05, 4.69) is 10.1 Å². The van der Waals surface area contributed by atoms with Gasteiger partial charge >= 0.3 is 6.18 Å². The third-order valence-corrected chi connectivity index (χ3v) is 2.39. The zero-order valence-electron chi connectivity index (χ0n) is 9.99. The highest BCUT2D eigenvalue weighted by Gasteiger charge is 2.28. The van der Waals surface area contributed by atoms with E-state index in [0.717, 1.165) is 21.6 Å². The Morgan fingerprint density at radius 2 is 1.72 bits per heavy atom. The lowest BCUT2D eigenvalue weighted by Crippen LogP contribution is -2.17. The fourth-order valence-corrected chi connectivity index (χ4v) is 1.78. The van der Waals surface area contributed by atoms with Crippen LogP contribution in [-0.2, 0) is 6.54 Å². The molecule has 18 heavy (non-hydrogen) atoms. The molecule has 0 aliphatic carbocycles. The van der Waals surface area contributed by atoms with E-state index in [1.54, 1.807) is 0 Å². The van der Waals surface area contributed by atoms with Crippen LogP contribution in [-0.4, -0.2) is 20.9 Å². The van der Waals surface area contributed by atoms with Gasteiger partial charge in [-0.1, -0.05) is 0 Å². The molecule has 0 unspecified atom stereocenters. The number of aromatic nitrogens is 3. The van der Waals surface area contributed by atoms with Crippen molar-refractivity contribution in [3.8, 4) is 11.1 Å². The molecule has 0 saturated carbocycles. The van der Waals surface area contributed by atoms with E-state index in [4.69, 9.17) is 0 Å². The van der Waals surface area contributed by atoms with Gasteiger partial charge in [-0.25, -0.2) is 0 Å². The summed E-state index contributed by atoms with van der Waals surface area (Å²) in [6.45, 7) is 2.61. The first kappa shape index (κ1) is 12.6. The first-order chi connectivity index (χ1) is 8.33. The third-order valence-electron chi connectivity index (χ3n) is 2.39. The van der Waals surface area contributed by atoms with Crippen LogP contribution in [0.3, 0.4) is 0 Å². The average Bonchev–Trinajstić information content (AvgIpc) is 2.61. The molecule has 0 N–H and O–H groups in total. The second-order valence-corrected chi connectivity index (χ2v) is 4.18. The molecule has 6 heteroatoms. The normalized spacial score (nSPS) is 11.8. The van der Waals surface area contributed by atoms with E-state index in [-0.39, 0.29) is 0 Å². The maximum Gasteiger partial charge on any atom is 0.408 e. The molecule has 2 aromatic rings. The smallest absolute Gasteiger partial charge is 0.263 e. The number of rotatable bonds is 2. The lowest BCUT2D eigenvalue weighted by atomic mass is 10.1. The molecule has 0 amide bonds. The van der Waals surface area contributed by atoms with Gasteiger partial charge in [-0.3, -0.25) is 9.67 Å². The Bertz CT molecular complexity index is 538. The van der Waals surface area contributed by atoms with Crippen molar-refractivity contribution in [2.24, 2.45) is 0 Å². The molecule has 0 atom stereocenters. The predicted molar refractivity (Wildman–Crippen MR) is 61.0 cm³/mol. The monoisotopic (exact) mass is 255 g/mol. The van der Waals surface area contributed by atoms with Gasteiger partial charge in [0.25, 0.3) is 0 Å². The van der Waals surface area contributed by atoms with Crippen LogP contribution < -0.4 is 0 Å². The number of hydrogen-bond donors (Lipinski definition) is 0. The minimum Gasteiger partial charge on any atom is -0.263 e. The highest BCUT2D eigenvalue weighted by molar-refractivity contribution is 5.62. The maximum absolute atomic E-state index is 12.2. The SMILES string of the molecule is Cc1cc(-c2cnn(CC(F)(F)F)c2)cc(C)n1. The van der Waals surface area contributed by atoms with Gasteiger partial charge in [0, 0.05) is 23.1 Å². The van der Waals surface area contributed by atoms with Crippen molar-refractivity contribution in [2.75, 3.05) is 0 Å². The standard InChI is InChI=1S/C12H12F3N3/c1-8-3-10(4-9(2)17-8)11-5-16-18(6-11)7-12(13,14)15/h3-6H,7H2,1-2H3. The third kappa shape index (κ3) is 3.09. The topological polar surface area (TPSA) is 30.7 Å². The van der Waals surface area contributed by atoms with Crippen molar-refractivity contribution in [1.82, 2.24) is 14.8 Å². The minimum absolute atomic E-state index is 0.660. The molecule has 0 spiro atoms. The predicted octanol–water partition coefficient (Wildman–Crippen LogP) is 3.12. The van der Waals surface area contributed by atoms with Crippen LogP contribution in [0.2, 0.25) is 0 Å². The van der Waals surface area contributed by atoms with E-state index in [9.17, 15) is 13.2 Å². The summed E-state index contributed by atoms with van der Waals surface area (Å²) in [6.07, 6.45) is -1.44. The lowest BCUT2D eigenvalue weighted by molar-refractivity contribution is -0.142. The van der Waals surface area contributed by atoms with Crippen molar-refractivity contribution < 1.29 is 13.2 Å². The van der Waals surface area contributed by atoms with Gasteiger partial charge in [-0.2, -0.15) is 18.3 Å². The van der Waals surface area contributed by atoms with Gasteiger partial charge in [-0.05, 0) is 31.5 Å². The number of alkyl halides is 3. The molecule has 2 heterocycles. The molecular weight excluding hydrogens is 243 g/mol. The first-order valence-corrected chi connectivity index (χ1v) is 5.38. The quantitative estimate of drug-likeness (QED) is 0.825. The molecule has 2 aromatic heterocycles. The van der Waals surface area contributed by atoms with Gasteiger partial charge < -0.3 is 0 Å². The van der Waals surface area contributed by atoms with Crippen LogP contribution in [0.5, 0.6) is 0 Å². The van der Waals surface area contributed by atoms with Crippen molar-refractivity contribution >= 4 is 0 Å². The summed E-state index contributed by atoms with van der Waals surface area (Å²) in [5, 5.41) is 3.71. The van der Waals surface area contributed by atoms with E-state index in [1.807, 2.05) is 26.0 Å². The Kier molecular flexibility index (Phi) is 3.11. The van der Waals surface area contributed by atoms with E-state index in [1.165, 1.54) is 12.4 Å². The molecule has 0 radical (unpaired) electrons. The fraction of sp³-hybridized carbons (Fsp3) is 0.333. The van der Waals surface area contributed by atoms with Crippen LogP contribution in [0.25, 0.3) is 11.1 Å². The molecular formula is C12H12F3N3. The van der Waals surface area contributed by atoms with Crippen LogP contribution >= 0.6 is 0 Å². The van der Waals surface area contributed by atoms with Gasteiger partial charge in [-0.15, -0.1) is 0 Å². The Morgan fingerprint density at radius 1 is 1.11 bits per heavy atom. The molecule has 0 aliphatic rings. The summed E-state index contributed by atoms with van der Waals surface area (Å²) in [7, 11) is 0. The number of aryl methyl sites for hydroxylation is 2. The van der Waals surface area contributed by atoms with Gasteiger partial charge in [0.2, 0.25) is 0 Å². The largest absolute Gasteiger partial charge is 0.408 e. The molecule has 0 aromatic carbocycles. The molecule has 96 valence electrons. The maximum atomic E-state index is 12.2. The van der Waals surface area contributed by atoms with Crippen molar-refractivity contribution in [3.05, 3.63) is 35.9 Å². The van der Waals surface area contributed by atoms with Gasteiger partial charge in [0.05, 0.1) is 6.20 Å². The van der Waals surface area contributed by atoms with Crippen LogP contribution in [0.4, 0.5) is 13.2 Å². The second-order valence-electron chi connectivity index (χ2n) is 4.18. The van der Waals surface area contributed by atoms with Crippen molar-refractivity contribution in [1.29, 1.82) is 0 Å². The van der Waals surface area contributed by atoms with Crippen molar-refractivity contribution in [2.45, 2.75) is 26.6 Å². The highest BCUT2D eigenvalue weighted by Crippen LogP contribution is 2.22. The van der Waals surface area contributed by atoms with Crippen LogP contribution in [0, 0.1) is 13.8 Å². The Hall–Kier alpha value is -1.85. The van der Waals surface area contributed by atoms with Gasteiger partial charge in [0.1, 0.15) is 6.54 Å². The fourth-order valence-electron chi connectivity index (χ4n) is 1.78. The number of hydrogen-bond acceptors (Lipinski definition) is 2. The minimum atomic E-state index is -4.26. The molecule has 3 nitrogen and oxygen atoms in total. The van der Waals surface area contributed by atoms with Gasteiger partial charge in [0.15, 0.2) is 0 Å². The number of nitrogens with zero attached hydrogens (tertiary/aromatic N) is 3. The van der Waals surface area contributed by atoms with Crippen LogP contribution in [0.1, 0.15) is 11.4 Å². The summed E-state index contributed by atoms with van der Waals surface area (Å²) < 4.78 is 37.5. The zero-order chi connectivity index (χ0) is 13.3. The second kappa shape index (κ2) is 4.44. The lowest BCUT2D eigenvalue weighted by Gasteiger charge is -2.05. The summed E-state index contributed by atoms with van der Waals surface area (Å²) in [4.78, 5) is 4.22. The average molecular weight is 255 g/mol. The summed E-state index contributed by atoms with van der Waals surface area (Å²) in [6, 6.07) is 3.64. The van der Waals surface area contributed by atoms with Crippen molar-refractivity contribution in [3.63, 3.8) is 0 Å². The molecule has 0 saturated heterocycles. The summed E-state index contributed by atoms with van der Waals surface area (Å²) >= 11 is 0. The number of pyridine rings is 1. The van der Waals surface area contributed by atoms with Crippen LogP contribution in [0.15, 0.2) is 24.5 Å². The Labute approximate surface area is 102 Å². The molecule has 0 fully saturated rings. The van der Waals surface area contributed by atoms with E-state index < -0.39 is 12.7 Å². The molecule has 0 bridgehead atoms. The zero-order valence-corrected chi connectivity index (χ0v) is 9.99. The highest BCUT2D eigenvalue weighted by atomic mass is 19.4. The summed E-state index contributed by atoms with van der Waals surface area (Å²) in [5.74, 6) is 0. The van der Waals surface area contributed by atoms with E-state index >= 15 is 0 Å². The van der Waals surface area contributed by atoms with E-state index in [0.29, 0.717) is 5.56 Å². The molecule has 2 rings (SSSR count). The first-order valence-electron chi connectivity index (χ1n) is 5.38. The Morgan fingerprint density at radius 3 is 2.28 bits per heavy atom. The number of halogens is 3. The molecule has 0 aliphatic heterocycles. The Balaban J connectivity index is 2.29.